The maximum atomic E-state index is 12.5. The van der Waals surface area contributed by atoms with Crippen molar-refractivity contribution in [3.05, 3.63) is 29.3 Å². The molecule has 2 N–H and O–H groups in total. The minimum Gasteiger partial charge on any atom is -0.316 e. The van der Waals surface area contributed by atoms with Crippen LogP contribution in [0.3, 0.4) is 0 Å². The van der Waals surface area contributed by atoms with Gasteiger partial charge in [-0.1, -0.05) is 31.4 Å². The molecule has 0 unspecified atom stereocenters. The van der Waals surface area contributed by atoms with E-state index in [9.17, 15) is 8.42 Å². The SMILES string of the molecule is CNCc1ccc(C)c(S(=O)(=O)NCC2CCCCC2)c1. The Morgan fingerprint density at radius 2 is 1.90 bits per heavy atom. The first-order chi connectivity index (χ1) is 10.0. The zero-order valence-electron chi connectivity index (χ0n) is 13.0. The fraction of sp³-hybridized carbons (Fsp3) is 0.625. The predicted molar refractivity (Wildman–Crippen MR) is 85.7 cm³/mol. The molecule has 1 fully saturated rings. The van der Waals surface area contributed by atoms with Crippen LogP contribution in [0.15, 0.2) is 23.1 Å². The molecule has 0 spiro atoms. The van der Waals surface area contributed by atoms with Crippen LogP contribution >= 0.6 is 0 Å². The van der Waals surface area contributed by atoms with Crippen molar-refractivity contribution in [2.24, 2.45) is 5.92 Å². The summed E-state index contributed by atoms with van der Waals surface area (Å²) in [4.78, 5) is 0.408. The molecule has 0 saturated heterocycles. The third-order valence-corrected chi connectivity index (χ3v) is 5.78. The lowest BCUT2D eigenvalue weighted by Crippen LogP contribution is -2.30. The van der Waals surface area contributed by atoms with Crippen molar-refractivity contribution in [1.29, 1.82) is 0 Å². The van der Waals surface area contributed by atoms with Gasteiger partial charge in [-0.2, -0.15) is 0 Å². The Bertz CT molecular complexity index is 564. The maximum Gasteiger partial charge on any atom is 0.240 e. The van der Waals surface area contributed by atoms with Crippen LogP contribution in [0.4, 0.5) is 0 Å². The van der Waals surface area contributed by atoms with E-state index >= 15 is 0 Å². The molecular formula is C16H26N2O2S. The number of nitrogens with one attached hydrogen (secondary N) is 2. The molecule has 0 heterocycles. The summed E-state index contributed by atoms with van der Waals surface area (Å²) in [5.74, 6) is 0.495. The van der Waals surface area contributed by atoms with E-state index in [0.29, 0.717) is 23.9 Å². The van der Waals surface area contributed by atoms with Gasteiger partial charge in [0.2, 0.25) is 10.0 Å². The van der Waals surface area contributed by atoms with Gasteiger partial charge in [-0.05, 0) is 49.9 Å². The highest BCUT2D eigenvalue weighted by Gasteiger charge is 2.20. The van der Waals surface area contributed by atoms with Gasteiger partial charge >= 0.3 is 0 Å². The second kappa shape index (κ2) is 7.38. The predicted octanol–water partition coefficient (Wildman–Crippen LogP) is 2.57. The Hall–Kier alpha value is -0.910. The summed E-state index contributed by atoms with van der Waals surface area (Å²) in [5.41, 5.74) is 1.78. The van der Waals surface area contributed by atoms with Crippen LogP contribution in [0.2, 0.25) is 0 Å². The zero-order chi connectivity index (χ0) is 15.3. The average Bonchev–Trinajstić information content (AvgIpc) is 2.48. The molecule has 4 nitrogen and oxygen atoms in total. The molecule has 1 aliphatic carbocycles. The summed E-state index contributed by atoms with van der Waals surface area (Å²) in [6, 6.07) is 5.61. The van der Waals surface area contributed by atoms with E-state index in [1.54, 1.807) is 6.07 Å². The maximum absolute atomic E-state index is 12.5. The van der Waals surface area contributed by atoms with Crippen molar-refractivity contribution in [3.8, 4) is 0 Å². The van der Waals surface area contributed by atoms with E-state index < -0.39 is 10.0 Å². The summed E-state index contributed by atoms with van der Waals surface area (Å²) >= 11 is 0. The molecule has 118 valence electrons. The lowest BCUT2D eigenvalue weighted by atomic mass is 9.90. The largest absolute Gasteiger partial charge is 0.316 e. The highest BCUT2D eigenvalue weighted by atomic mass is 32.2. The smallest absolute Gasteiger partial charge is 0.240 e. The third kappa shape index (κ3) is 4.53. The first kappa shape index (κ1) is 16.5. The fourth-order valence-corrected chi connectivity index (χ4v) is 4.35. The minimum atomic E-state index is -3.41. The number of hydrogen-bond donors (Lipinski definition) is 2. The first-order valence-electron chi connectivity index (χ1n) is 7.77. The number of aryl methyl sites for hydroxylation is 1. The van der Waals surface area contributed by atoms with E-state index in [0.717, 1.165) is 24.0 Å². The van der Waals surface area contributed by atoms with Gasteiger partial charge in [-0.25, -0.2) is 13.1 Å². The quantitative estimate of drug-likeness (QED) is 0.849. The summed E-state index contributed by atoms with van der Waals surface area (Å²) in [6.07, 6.45) is 6.02. The van der Waals surface area contributed by atoms with Crippen LogP contribution in [-0.2, 0) is 16.6 Å². The molecule has 0 atom stereocenters. The van der Waals surface area contributed by atoms with Gasteiger partial charge in [0.05, 0.1) is 4.90 Å². The minimum absolute atomic E-state index is 0.408. The third-order valence-electron chi connectivity index (χ3n) is 4.21. The number of hydrogen-bond acceptors (Lipinski definition) is 3. The molecule has 2 rings (SSSR count). The molecule has 1 saturated carbocycles. The first-order valence-corrected chi connectivity index (χ1v) is 9.25. The van der Waals surface area contributed by atoms with Crippen molar-refractivity contribution in [2.45, 2.75) is 50.5 Å². The normalized spacial score (nSPS) is 17.0. The van der Waals surface area contributed by atoms with Crippen LogP contribution in [0.25, 0.3) is 0 Å². The van der Waals surface area contributed by atoms with Crippen molar-refractivity contribution in [1.82, 2.24) is 10.0 Å². The van der Waals surface area contributed by atoms with Gasteiger partial charge < -0.3 is 5.32 Å². The Kier molecular flexibility index (Phi) is 5.79. The monoisotopic (exact) mass is 310 g/mol. The molecule has 0 aromatic heterocycles. The number of sulfonamides is 1. The van der Waals surface area contributed by atoms with Crippen molar-refractivity contribution in [3.63, 3.8) is 0 Å². The van der Waals surface area contributed by atoms with Gasteiger partial charge in [0, 0.05) is 13.1 Å². The summed E-state index contributed by atoms with van der Waals surface area (Å²) in [5, 5.41) is 3.05. The second-order valence-corrected chi connectivity index (χ2v) is 7.72. The molecule has 0 amide bonds. The molecule has 1 aliphatic rings. The molecule has 0 radical (unpaired) electrons. The Morgan fingerprint density at radius 1 is 1.19 bits per heavy atom. The number of benzene rings is 1. The lowest BCUT2D eigenvalue weighted by Gasteiger charge is -2.22. The van der Waals surface area contributed by atoms with E-state index in [2.05, 4.69) is 10.0 Å². The van der Waals surface area contributed by atoms with Crippen molar-refractivity contribution < 1.29 is 8.42 Å². The van der Waals surface area contributed by atoms with Gasteiger partial charge in [-0.3, -0.25) is 0 Å². The van der Waals surface area contributed by atoms with Gasteiger partial charge in [-0.15, -0.1) is 0 Å². The molecule has 5 heteroatoms. The zero-order valence-corrected chi connectivity index (χ0v) is 13.8. The second-order valence-electron chi connectivity index (χ2n) is 5.99. The standard InChI is InChI=1S/C16H26N2O2S/c1-13-8-9-15(11-17-2)10-16(13)21(19,20)18-12-14-6-4-3-5-7-14/h8-10,14,17-18H,3-7,11-12H2,1-2H3. The average molecular weight is 310 g/mol. The van der Waals surface area contributed by atoms with Crippen LogP contribution in [0, 0.1) is 12.8 Å². The van der Waals surface area contributed by atoms with E-state index in [4.69, 9.17) is 0 Å². The van der Waals surface area contributed by atoms with Crippen LogP contribution in [0.1, 0.15) is 43.2 Å². The lowest BCUT2D eigenvalue weighted by molar-refractivity contribution is 0.357. The molecule has 0 bridgehead atoms. The molecule has 1 aromatic rings. The van der Waals surface area contributed by atoms with Gasteiger partial charge in [0.25, 0.3) is 0 Å². The van der Waals surface area contributed by atoms with Gasteiger partial charge in [0.15, 0.2) is 0 Å². The van der Waals surface area contributed by atoms with E-state index in [1.165, 1.54) is 19.3 Å². The highest BCUT2D eigenvalue weighted by molar-refractivity contribution is 7.89. The molecule has 1 aromatic carbocycles. The Balaban J connectivity index is 2.08. The number of rotatable bonds is 6. The molecular weight excluding hydrogens is 284 g/mol. The summed E-state index contributed by atoms with van der Waals surface area (Å²) < 4.78 is 27.8. The fourth-order valence-electron chi connectivity index (χ4n) is 2.94. The van der Waals surface area contributed by atoms with Crippen LogP contribution in [-0.4, -0.2) is 22.0 Å². The topological polar surface area (TPSA) is 58.2 Å². The van der Waals surface area contributed by atoms with Crippen LogP contribution < -0.4 is 10.0 Å². The van der Waals surface area contributed by atoms with Crippen molar-refractivity contribution in [2.75, 3.05) is 13.6 Å². The summed E-state index contributed by atoms with van der Waals surface area (Å²) in [6.45, 7) is 3.09. The Morgan fingerprint density at radius 3 is 2.57 bits per heavy atom. The molecule has 21 heavy (non-hydrogen) atoms. The van der Waals surface area contributed by atoms with Gasteiger partial charge in [0.1, 0.15) is 0 Å². The van der Waals surface area contributed by atoms with E-state index in [-0.39, 0.29) is 0 Å². The highest BCUT2D eigenvalue weighted by Crippen LogP contribution is 2.24. The Labute approximate surface area is 128 Å². The summed E-state index contributed by atoms with van der Waals surface area (Å²) in [7, 11) is -1.55. The van der Waals surface area contributed by atoms with E-state index in [1.807, 2.05) is 26.1 Å². The van der Waals surface area contributed by atoms with Crippen LogP contribution in [0.5, 0.6) is 0 Å². The van der Waals surface area contributed by atoms with Crippen molar-refractivity contribution >= 4 is 10.0 Å². The molecule has 0 aliphatic heterocycles.